The van der Waals surface area contributed by atoms with E-state index in [1.807, 2.05) is 0 Å². The van der Waals surface area contributed by atoms with Crippen LogP contribution in [0.1, 0.15) is 5.56 Å². The topological polar surface area (TPSA) is 50.8 Å². The lowest BCUT2D eigenvalue weighted by Gasteiger charge is -2.08. The van der Waals surface area contributed by atoms with Gasteiger partial charge in [-0.05, 0) is 18.2 Å². The van der Waals surface area contributed by atoms with E-state index in [2.05, 4.69) is 11.1 Å². The molecule has 0 N–H and O–H groups in total. The van der Waals surface area contributed by atoms with E-state index in [9.17, 15) is 0 Å². The molecule has 2 rings (SSSR count). The number of ether oxygens (including phenoxy) is 1. The fourth-order valence-corrected chi connectivity index (χ4v) is 1.36. The molecule has 0 aliphatic heterocycles. The van der Waals surface area contributed by atoms with Crippen molar-refractivity contribution in [2.75, 3.05) is 7.11 Å². The maximum atomic E-state index is 8.81. The zero-order valence-corrected chi connectivity index (χ0v) is 8.21. The van der Waals surface area contributed by atoms with Crippen LogP contribution in [-0.2, 0) is 0 Å². The molecule has 1 aromatic heterocycles. The molecule has 0 aliphatic carbocycles. The van der Waals surface area contributed by atoms with Gasteiger partial charge >= 0.3 is 0 Å². The Morgan fingerprint density at radius 1 is 1.47 bits per heavy atom. The van der Waals surface area contributed by atoms with Crippen molar-refractivity contribution in [3.63, 3.8) is 0 Å². The van der Waals surface area contributed by atoms with Gasteiger partial charge in [-0.15, -0.1) is 0 Å². The van der Waals surface area contributed by atoms with Gasteiger partial charge in [0.15, 0.2) is 0 Å². The molecular formula is C11H9N3O. The van der Waals surface area contributed by atoms with Crippen molar-refractivity contribution < 1.29 is 4.74 Å². The van der Waals surface area contributed by atoms with Crippen LogP contribution in [0.15, 0.2) is 36.9 Å². The molecule has 15 heavy (non-hydrogen) atoms. The van der Waals surface area contributed by atoms with Gasteiger partial charge in [0, 0.05) is 12.4 Å². The third-order valence-electron chi connectivity index (χ3n) is 2.09. The van der Waals surface area contributed by atoms with Gasteiger partial charge in [-0.3, -0.25) is 0 Å². The molecular weight excluding hydrogens is 190 g/mol. The van der Waals surface area contributed by atoms with Gasteiger partial charge in [-0.2, -0.15) is 5.26 Å². The van der Waals surface area contributed by atoms with E-state index < -0.39 is 0 Å². The third kappa shape index (κ3) is 1.67. The minimum absolute atomic E-state index is 0.597. The van der Waals surface area contributed by atoms with Crippen molar-refractivity contribution in [3.05, 3.63) is 42.5 Å². The number of aromatic nitrogens is 2. The standard InChI is InChI=1S/C11H9N3O/c1-15-11-3-2-9(7-12)6-10(11)14-5-4-13-8-14/h2-6,8H,1H3. The van der Waals surface area contributed by atoms with Crippen LogP contribution in [0.25, 0.3) is 5.69 Å². The van der Waals surface area contributed by atoms with Gasteiger partial charge in [0.05, 0.1) is 30.8 Å². The van der Waals surface area contributed by atoms with Crippen molar-refractivity contribution in [1.82, 2.24) is 9.55 Å². The molecule has 0 saturated heterocycles. The van der Waals surface area contributed by atoms with Crippen molar-refractivity contribution in [2.24, 2.45) is 0 Å². The Hall–Kier alpha value is -2.28. The van der Waals surface area contributed by atoms with Crippen LogP contribution < -0.4 is 4.74 Å². The summed E-state index contributed by atoms with van der Waals surface area (Å²) in [6.07, 6.45) is 5.15. The van der Waals surface area contributed by atoms with Gasteiger partial charge in [0.25, 0.3) is 0 Å². The second-order valence-corrected chi connectivity index (χ2v) is 2.97. The number of methoxy groups -OCH3 is 1. The molecule has 0 bridgehead atoms. The number of nitriles is 1. The molecule has 4 heteroatoms. The van der Waals surface area contributed by atoms with Crippen LogP contribution in [-0.4, -0.2) is 16.7 Å². The van der Waals surface area contributed by atoms with Crippen LogP contribution in [0.5, 0.6) is 5.75 Å². The average Bonchev–Trinajstić information content (AvgIpc) is 2.81. The number of hydrogen-bond acceptors (Lipinski definition) is 3. The molecule has 2 aromatic rings. The van der Waals surface area contributed by atoms with Gasteiger partial charge in [-0.1, -0.05) is 0 Å². The summed E-state index contributed by atoms with van der Waals surface area (Å²) >= 11 is 0. The Morgan fingerprint density at radius 2 is 2.33 bits per heavy atom. The lowest BCUT2D eigenvalue weighted by Crippen LogP contribution is -1.96. The number of hydrogen-bond donors (Lipinski definition) is 0. The SMILES string of the molecule is COc1ccc(C#N)cc1-n1ccnc1. The zero-order chi connectivity index (χ0) is 10.7. The van der Waals surface area contributed by atoms with Crippen LogP contribution >= 0.6 is 0 Å². The first-order chi connectivity index (χ1) is 7.35. The summed E-state index contributed by atoms with van der Waals surface area (Å²) in [7, 11) is 1.60. The Kier molecular flexibility index (Phi) is 2.38. The van der Waals surface area contributed by atoms with E-state index in [0.717, 1.165) is 5.69 Å². The predicted octanol–water partition coefficient (Wildman–Crippen LogP) is 1.75. The van der Waals surface area contributed by atoms with Crippen molar-refractivity contribution >= 4 is 0 Å². The fraction of sp³-hybridized carbons (Fsp3) is 0.0909. The molecule has 0 spiro atoms. The Labute approximate surface area is 87.4 Å². The van der Waals surface area contributed by atoms with E-state index in [4.69, 9.17) is 10.00 Å². The maximum absolute atomic E-state index is 8.81. The van der Waals surface area contributed by atoms with E-state index in [1.54, 1.807) is 48.6 Å². The molecule has 0 amide bonds. The number of benzene rings is 1. The van der Waals surface area contributed by atoms with E-state index in [-0.39, 0.29) is 0 Å². The Balaban J connectivity index is 2.58. The van der Waals surface area contributed by atoms with Crippen LogP contribution in [0, 0.1) is 11.3 Å². The maximum Gasteiger partial charge on any atom is 0.142 e. The van der Waals surface area contributed by atoms with Gasteiger partial charge in [-0.25, -0.2) is 4.98 Å². The van der Waals surface area contributed by atoms with Crippen LogP contribution in [0.2, 0.25) is 0 Å². The number of nitrogens with zero attached hydrogens (tertiary/aromatic N) is 3. The quantitative estimate of drug-likeness (QED) is 0.740. The monoisotopic (exact) mass is 199 g/mol. The summed E-state index contributed by atoms with van der Waals surface area (Å²) in [6, 6.07) is 7.35. The summed E-state index contributed by atoms with van der Waals surface area (Å²) in [5.74, 6) is 0.715. The molecule has 0 fully saturated rings. The van der Waals surface area contributed by atoms with Crippen molar-refractivity contribution in [3.8, 4) is 17.5 Å². The number of rotatable bonds is 2. The highest BCUT2D eigenvalue weighted by Crippen LogP contribution is 2.23. The van der Waals surface area contributed by atoms with Crippen LogP contribution in [0.3, 0.4) is 0 Å². The minimum atomic E-state index is 0.597. The lowest BCUT2D eigenvalue weighted by molar-refractivity contribution is 0.413. The molecule has 0 unspecified atom stereocenters. The first-order valence-electron chi connectivity index (χ1n) is 4.41. The van der Waals surface area contributed by atoms with Gasteiger partial charge in [0.2, 0.25) is 0 Å². The van der Waals surface area contributed by atoms with Crippen molar-refractivity contribution in [1.29, 1.82) is 5.26 Å². The average molecular weight is 199 g/mol. The molecule has 1 heterocycles. The first kappa shape index (κ1) is 9.28. The first-order valence-corrected chi connectivity index (χ1v) is 4.41. The number of imidazole rings is 1. The summed E-state index contributed by atoms with van der Waals surface area (Å²) < 4.78 is 7.02. The lowest BCUT2D eigenvalue weighted by atomic mass is 10.2. The summed E-state index contributed by atoms with van der Waals surface area (Å²) in [6.45, 7) is 0. The molecule has 0 saturated carbocycles. The second kappa shape index (κ2) is 3.84. The van der Waals surface area contributed by atoms with E-state index in [1.165, 1.54) is 0 Å². The molecule has 4 nitrogen and oxygen atoms in total. The van der Waals surface area contributed by atoms with Crippen molar-refractivity contribution in [2.45, 2.75) is 0 Å². The second-order valence-electron chi connectivity index (χ2n) is 2.97. The summed E-state index contributed by atoms with van der Waals surface area (Å²) in [5, 5.41) is 8.81. The highest BCUT2D eigenvalue weighted by atomic mass is 16.5. The normalized spacial score (nSPS) is 9.60. The molecule has 0 aliphatic rings. The molecule has 0 radical (unpaired) electrons. The molecule has 0 atom stereocenters. The predicted molar refractivity (Wildman–Crippen MR) is 54.8 cm³/mol. The Morgan fingerprint density at radius 3 is 2.93 bits per heavy atom. The van der Waals surface area contributed by atoms with E-state index >= 15 is 0 Å². The van der Waals surface area contributed by atoms with E-state index in [0.29, 0.717) is 11.3 Å². The summed E-state index contributed by atoms with van der Waals surface area (Å²) in [4.78, 5) is 3.95. The Bertz CT molecular complexity index is 497. The summed E-state index contributed by atoms with van der Waals surface area (Å²) in [5.41, 5.74) is 1.41. The third-order valence-corrected chi connectivity index (χ3v) is 2.09. The zero-order valence-electron chi connectivity index (χ0n) is 8.21. The highest BCUT2D eigenvalue weighted by Gasteiger charge is 2.05. The fourth-order valence-electron chi connectivity index (χ4n) is 1.36. The molecule has 1 aromatic carbocycles. The minimum Gasteiger partial charge on any atom is -0.495 e. The van der Waals surface area contributed by atoms with Gasteiger partial charge < -0.3 is 9.30 Å². The largest absolute Gasteiger partial charge is 0.495 e. The highest BCUT2D eigenvalue weighted by molar-refractivity contribution is 5.51. The van der Waals surface area contributed by atoms with Gasteiger partial charge in [0.1, 0.15) is 5.75 Å². The molecule has 74 valence electrons. The smallest absolute Gasteiger partial charge is 0.142 e. The van der Waals surface area contributed by atoms with Crippen LogP contribution in [0.4, 0.5) is 0 Å².